The van der Waals surface area contributed by atoms with Crippen molar-refractivity contribution in [3.05, 3.63) is 61.3 Å². The summed E-state index contributed by atoms with van der Waals surface area (Å²) in [4.78, 5) is 16.4. The normalized spacial score (nSPS) is 12.1. The molecule has 0 radical (unpaired) electrons. The molecule has 2 atom stereocenters. The predicted molar refractivity (Wildman–Crippen MR) is 217 cm³/mol. The topological polar surface area (TPSA) is 75.7 Å². The Morgan fingerprint density at radius 3 is 2.16 bits per heavy atom. The van der Waals surface area contributed by atoms with Gasteiger partial charge in [0.25, 0.3) is 5.91 Å². The van der Waals surface area contributed by atoms with E-state index in [9.17, 15) is 4.79 Å². The fourth-order valence-electron chi connectivity index (χ4n) is 5.09. The molecule has 49 heavy (non-hydrogen) atoms. The summed E-state index contributed by atoms with van der Waals surface area (Å²) >= 11 is 16.7. The number of methoxy groups -OCH3 is 2. The number of nitrogens with one attached hydrogen (secondary N) is 2. The lowest BCUT2D eigenvalue weighted by Crippen LogP contribution is -2.26. The fraction of sp³-hybridized carbons (Fsp3) is 0.526. The number of allylic oxidation sites excluding steroid dienone is 1. The Bertz CT molecular complexity index is 1470. The molecule has 11 heteroatoms. The molecule has 0 saturated carbocycles. The van der Waals surface area contributed by atoms with E-state index in [-0.39, 0.29) is 30.0 Å². The summed E-state index contributed by atoms with van der Waals surface area (Å²) in [5.41, 5.74) is 3.97. The van der Waals surface area contributed by atoms with Gasteiger partial charge in [-0.25, -0.2) is 4.75 Å². The van der Waals surface area contributed by atoms with Crippen LogP contribution in [0.2, 0.25) is 10.0 Å². The number of benzene rings is 2. The number of ether oxygens (including phenoxy) is 2. The van der Waals surface area contributed by atoms with E-state index >= 15 is 0 Å². The van der Waals surface area contributed by atoms with Crippen molar-refractivity contribution in [2.45, 2.75) is 100.0 Å². The first-order valence-electron chi connectivity index (χ1n) is 17.4. The van der Waals surface area contributed by atoms with Crippen LogP contribution < -0.4 is 20.1 Å². The number of unbranched alkanes of at least 4 members (excludes halogenated alkanes) is 2. The SMILES string of the molecule is CCC.CCCC/C=C(/C(=O)Nc1c(Cl)c(OC)c(Br)c(OC)c1Cl)c1[pH]nc(Nc2ccc(CN(CCC)CCC(C)CC)cc2)c1C. The van der Waals surface area contributed by atoms with Crippen LogP contribution in [-0.2, 0) is 11.3 Å². The predicted octanol–water partition coefficient (Wildman–Crippen LogP) is 12.5. The molecule has 0 aliphatic heterocycles. The fourth-order valence-corrected chi connectivity index (χ4v) is 7.78. The van der Waals surface area contributed by atoms with Crippen molar-refractivity contribution in [3.8, 4) is 11.5 Å². The highest BCUT2D eigenvalue weighted by Crippen LogP contribution is 2.51. The average Bonchev–Trinajstić information content (AvgIpc) is 3.44. The third kappa shape index (κ3) is 12.5. The highest BCUT2D eigenvalue weighted by atomic mass is 79.9. The number of nitrogens with zero attached hydrogens (tertiary/aromatic N) is 2. The monoisotopic (exact) mass is 796 g/mol. The van der Waals surface area contributed by atoms with E-state index in [0.29, 0.717) is 21.5 Å². The molecule has 2 aromatic carbocycles. The maximum Gasteiger partial charge on any atom is 0.256 e. The number of hydrogen-bond donors (Lipinski definition) is 2. The van der Waals surface area contributed by atoms with Crippen LogP contribution >= 0.6 is 47.5 Å². The van der Waals surface area contributed by atoms with Crippen LogP contribution in [-0.4, -0.2) is 42.9 Å². The van der Waals surface area contributed by atoms with Gasteiger partial charge in [0.05, 0.1) is 19.9 Å². The second kappa shape index (κ2) is 22.6. The summed E-state index contributed by atoms with van der Waals surface area (Å²) in [5.74, 6) is 1.82. The Kier molecular flexibility index (Phi) is 19.8. The quantitative estimate of drug-likeness (QED) is 0.0986. The van der Waals surface area contributed by atoms with Gasteiger partial charge in [-0.05, 0) is 87.2 Å². The van der Waals surface area contributed by atoms with Crippen LogP contribution in [0, 0.1) is 12.8 Å². The minimum atomic E-state index is -0.320. The first kappa shape index (κ1) is 42.9. The van der Waals surface area contributed by atoms with E-state index in [1.165, 1.54) is 39.0 Å². The molecule has 0 aliphatic rings. The molecule has 2 N–H and O–H groups in total. The van der Waals surface area contributed by atoms with Gasteiger partial charge in [0.15, 0.2) is 11.5 Å². The minimum absolute atomic E-state index is 0.0836. The molecule has 1 amide bonds. The Morgan fingerprint density at radius 1 is 1.02 bits per heavy atom. The van der Waals surface area contributed by atoms with Crippen molar-refractivity contribution < 1.29 is 14.3 Å². The zero-order valence-electron chi connectivity index (χ0n) is 30.8. The van der Waals surface area contributed by atoms with Crippen molar-refractivity contribution in [2.75, 3.05) is 37.9 Å². The number of carbonyl (C=O) groups is 1. The maximum absolute atomic E-state index is 13.9. The molecule has 272 valence electrons. The van der Waals surface area contributed by atoms with Gasteiger partial charge in [0.1, 0.15) is 20.3 Å². The van der Waals surface area contributed by atoms with Gasteiger partial charge in [0.2, 0.25) is 0 Å². The second-order valence-electron chi connectivity index (χ2n) is 12.3. The van der Waals surface area contributed by atoms with Crippen molar-refractivity contribution in [3.63, 3.8) is 0 Å². The van der Waals surface area contributed by atoms with E-state index in [1.54, 1.807) is 0 Å². The molecule has 3 rings (SSSR count). The maximum atomic E-state index is 13.9. The smallest absolute Gasteiger partial charge is 0.256 e. The lowest BCUT2D eigenvalue weighted by molar-refractivity contribution is -0.111. The summed E-state index contributed by atoms with van der Waals surface area (Å²) in [5, 5.41) is 7.66. The van der Waals surface area contributed by atoms with E-state index in [4.69, 9.17) is 37.4 Å². The molecule has 7 nitrogen and oxygen atoms in total. The zero-order chi connectivity index (χ0) is 36.5. The number of hydrogen-bond acceptors (Lipinski definition) is 6. The van der Waals surface area contributed by atoms with E-state index in [0.717, 1.165) is 73.6 Å². The molecule has 0 bridgehead atoms. The van der Waals surface area contributed by atoms with Crippen molar-refractivity contribution in [1.29, 1.82) is 0 Å². The van der Waals surface area contributed by atoms with Crippen molar-refractivity contribution >= 4 is 76.2 Å². The number of aromatic nitrogens is 1. The van der Waals surface area contributed by atoms with Gasteiger partial charge < -0.3 is 20.1 Å². The molecular weight excluding hydrogens is 742 g/mol. The Morgan fingerprint density at radius 2 is 1.63 bits per heavy atom. The first-order chi connectivity index (χ1) is 23.5. The van der Waals surface area contributed by atoms with Gasteiger partial charge in [-0.2, -0.15) is 0 Å². The highest BCUT2D eigenvalue weighted by molar-refractivity contribution is 9.10. The molecule has 0 aliphatic carbocycles. The van der Waals surface area contributed by atoms with Crippen LogP contribution in [0.15, 0.2) is 34.8 Å². The second-order valence-corrected chi connectivity index (χ2v) is 14.8. The van der Waals surface area contributed by atoms with Gasteiger partial charge >= 0.3 is 0 Å². The summed E-state index contributed by atoms with van der Waals surface area (Å²) in [7, 11) is 3.06. The van der Waals surface area contributed by atoms with Crippen LogP contribution in [0.3, 0.4) is 0 Å². The van der Waals surface area contributed by atoms with Crippen LogP contribution in [0.1, 0.15) is 103 Å². The van der Waals surface area contributed by atoms with E-state index in [2.05, 4.69) is 97.3 Å². The van der Waals surface area contributed by atoms with Crippen molar-refractivity contribution in [2.24, 2.45) is 5.92 Å². The molecule has 2 unspecified atom stereocenters. The molecule has 0 saturated heterocycles. The molecule has 1 aromatic heterocycles. The lowest BCUT2D eigenvalue weighted by atomic mass is 10.0. The number of carbonyl (C=O) groups excluding carboxylic acids is 1. The largest absolute Gasteiger partial charge is 0.494 e. The number of halogens is 3. The van der Waals surface area contributed by atoms with Gasteiger partial charge in [-0.15, -0.1) is 0 Å². The number of amides is 1. The Balaban J connectivity index is 0.00000267. The molecule has 0 fully saturated rings. The third-order valence-electron chi connectivity index (χ3n) is 8.11. The molecule has 3 aromatic rings. The average molecular weight is 799 g/mol. The zero-order valence-corrected chi connectivity index (χ0v) is 34.9. The van der Waals surface area contributed by atoms with Gasteiger partial charge in [-0.3, -0.25) is 9.69 Å². The Labute approximate surface area is 315 Å². The van der Waals surface area contributed by atoms with Gasteiger partial charge in [0, 0.05) is 28.7 Å². The summed E-state index contributed by atoms with van der Waals surface area (Å²) in [6, 6.07) is 8.58. The van der Waals surface area contributed by atoms with Crippen LogP contribution in [0.4, 0.5) is 17.2 Å². The number of rotatable bonds is 18. The van der Waals surface area contributed by atoms with Crippen LogP contribution in [0.25, 0.3) is 5.57 Å². The van der Waals surface area contributed by atoms with Crippen molar-refractivity contribution in [1.82, 2.24) is 9.65 Å². The summed E-state index contributed by atoms with van der Waals surface area (Å²) < 4.78 is 16.2. The van der Waals surface area contributed by atoms with Gasteiger partial charge in [-0.1, -0.05) is 109 Å². The molecular formula is C38H56BrCl2N4O3P. The lowest BCUT2D eigenvalue weighted by Gasteiger charge is -2.23. The molecule has 1 heterocycles. The van der Waals surface area contributed by atoms with Crippen LogP contribution in [0.5, 0.6) is 11.5 Å². The third-order valence-corrected chi connectivity index (χ3v) is 10.8. The number of anilines is 3. The van der Waals surface area contributed by atoms with E-state index < -0.39 is 0 Å². The van der Waals surface area contributed by atoms with E-state index in [1.807, 2.05) is 13.0 Å². The molecule has 0 spiro atoms. The highest BCUT2D eigenvalue weighted by Gasteiger charge is 2.26. The minimum Gasteiger partial charge on any atom is -0.494 e. The Hall–Kier alpha value is -2.22. The summed E-state index contributed by atoms with van der Waals surface area (Å²) in [6.45, 7) is 18.4. The first-order valence-corrected chi connectivity index (χ1v) is 19.9. The standard InChI is InChI=1S/C35H48BrCl2N4O3P.C3H8/c1-8-11-12-13-26(35(43)40-30-28(37)31(44-6)27(36)32(45-7)29(30)38)33-23(5)34(41-46-33)39-25-16-14-24(15-17-25)21-42(19-9-2)20-18-22(4)10-3;1-3-2/h13-17,22,46H,8-12,18-21H2,1-7H3,(H,39,41)(H,40,43);3H2,1-2H3/b26-13+;. The summed E-state index contributed by atoms with van der Waals surface area (Å²) in [6.07, 6.45) is 9.55.